The number of nitrogens with one attached hydrogen (secondary N) is 2. The molecule has 3 aromatic rings. The second-order valence-electron chi connectivity index (χ2n) is 5.02. The summed E-state index contributed by atoms with van der Waals surface area (Å²) in [5.74, 6) is 0.770. The van der Waals surface area contributed by atoms with Crippen LogP contribution in [-0.2, 0) is 0 Å². The van der Waals surface area contributed by atoms with Crippen molar-refractivity contribution in [2.24, 2.45) is 0 Å². The molecule has 1 atom stereocenters. The lowest BCUT2D eigenvalue weighted by Crippen LogP contribution is -2.30. The molecule has 0 bridgehead atoms. The second kappa shape index (κ2) is 7.38. The van der Waals surface area contributed by atoms with Gasteiger partial charge in [-0.3, -0.25) is 9.78 Å². The zero-order valence-electron chi connectivity index (χ0n) is 12.7. The van der Waals surface area contributed by atoms with E-state index < -0.39 is 6.04 Å². The van der Waals surface area contributed by atoms with Gasteiger partial charge in [0.2, 0.25) is 0 Å². The molecule has 0 radical (unpaired) electrons. The average Bonchev–Trinajstić information content (AvgIpc) is 3.15. The number of furan rings is 1. The van der Waals surface area contributed by atoms with Crippen LogP contribution in [0.1, 0.15) is 22.2 Å². The molecule has 0 spiro atoms. The van der Waals surface area contributed by atoms with Crippen LogP contribution in [-0.4, -0.2) is 27.6 Å². The first-order chi connectivity index (χ1) is 11.8. The minimum Gasteiger partial charge on any atom is -0.467 e. The number of aliphatic hydroxyl groups is 1. The number of aromatic nitrogens is 2. The molecule has 0 aliphatic carbocycles. The third-order valence-electron chi connectivity index (χ3n) is 3.33. The Morgan fingerprint density at radius 1 is 1.25 bits per heavy atom. The predicted octanol–water partition coefficient (Wildman–Crippen LogP) is 2.28. The number of rotatable bonds is 6. The first-order valence-electron chi connectivity index (χ1n) is 7.34. The van der Waals surface area contributed by atoms with Crippen molar-refractivity contribution in [3.05, 3.63) is 72.6 Å². The summed E-state index contributed by atoms with van der Waals surface area (Å²) in [6, 6.07) is 9.77. The van der Waals surface area contributed by atoms with E-state index in [0.717, 1.165) is 0 Å². The van der Waals surface area contributed by atoms with Crippen LogP contribution in [0.15, 0.2) is 65.7 Å². The molecule has 2 heterocycles. The molecule has 2 aromatic heterocycles. The Morgan fingerprint density at radius 3 is 2.88 bits per heavy atom. The molecule has 0 saturated heterocycles. The van der Waals surface area contributed by atoms with Gasteiger partial charge < -0.3 is 20.2 Å². The summed E-state index contributed by atoms with van der Waals surface area (Å²) in [7, 11) is 0. The topological polar surface area (TPSA) is 100 Å². The minimum atomic E-state index is -0.593. The molecule has 7 nitrogen and oxygen atoms in total. The monoisotopic (exact) mass is 324 g/mol. The van der Waals surface area contributed by atoms with Crippen LogP contribution in [0.3, 0.4) is 0 Å². The fraction of sp³-hybridized carbons (Fsp3) is 0.118. The second-order valence-corrected chi connectivity index (χ2v) is 5.02. The number of carbonyl (C=O) groups excluding carboxylic acids is 1. The van der Waals surface area contributed by atoms with E-state index in [4.69, 9.17) is 4.42 Å². The van der Waals surface area contributed by atoms with Gasteiger partial charge >= 0.3 is 0 Å². The number of benzene rings is 1. The lowest BCUT2D eigenvalue weighted by Gasteiger charge is -2.14. The van der Waals surface area contributed by atoms with E-state index in [1.54, 1.807) is 48.9 Å². The largest absolute Gasteiger partial charge is 0.467 e. The van der Waals surface area contributed by atoms with Crippen molar-refractivity contribution in [1.82, 2.24) is 15.3 Å². The molecule has 0 saturated carbocycles. The summed E-state index contributed by atoms with van der Waals surface area (Å²) < 4.78 is 5.22. The van der Waals surface area contributed by atoms with E-state index in [0.29, 0.717) is 22.8 Å². The molecule has 0 aliphatic rings. The van der Waals surface area contributed by atoms with E-state index in [9.17, 15) is 9.90 Å². The number of aliphatic hydroxyl groups excluding tert-OH is 1. The van der Waals surface area contributed by atoms with Gasteiger partial charge in [-0.15, -0.1) is 0 Å². The lowest BCUT2D eigenvalue weighted by atomic mass is 10.1. The van der Waals surface area contributed by atoms with Crippen LogP contribution in [0.2, 0.25) is 0 Å². The van der Waals surface area contributed by atoms with Crippen LogP contribution in [0.25, 0.3) is 0 Å². The van der Waals surface area contributed by atoms with E-state index in [1.807, 2.05) is 6.07 Å². The number of anilines is 2. The Labute approximate surface area is 138 Å². The Hall–Kier alpha value is -3.19. The standard InChI is InChI=1S/C17H16N4O3/c22-11-14(15-5-2-8-24-15)21-17(23)12-3-1-4-13(9-12)20-16-10-18-6-7-19-16/h1-10,14,22H,11H2,(H,19,20)(H,21,23). The molecule has 24 heavy (non-hydrogen) atoms. The first-order valence-corrected chi connectivity index (χ1v) is 7.34. The number of carbonyl (C=O) groups is 1. The van der Waals surface area contributed by atoms with E-state index >= 15 is 0 Å². The molecule has 7 heteroatoms. The van der Waals surface area contributed by atoms with Crippen molar-refractivity contribution in [1.29, 1.82) is 0 Å². The van der Waals surface area contributed by atoms with Gasteiger partial charge in [0.25, 0.3) is 5.91 Å². The smallest absolute Gasteiger partial charge is 0.252 e. The summed E-state index contributed by atoms with van der Waals surface area (Å²) in [5.41, 5.74) is 1.16. The molecule has 3 N–H and O–H groups in total. The summed E-state index contributed by atoms with van der Waals surface area (Å²) in [6.07, 6.45) is 6.24. The van der Waals surface area contributed by atoms with Gasteiger partial charge in [-0.1, -0.05) is 6.07 Å². The predicted molar refractivity (Wildman–Crippen MR) is 87.8 cm³/mol. The molecule has 0 aliphatic heterocycles. The third kappa shape index (κ3) is 3.76. The number of amides is 1. The van der Waals surface area contributed by atoms with Gasteiger partial charge in [-0.2, -0.15) is 0 Å². The highest BCUT2D eigenvalue weighted by atomic mass is 16.3. The first kappa shape index (κ1) is 15.7. The van der Waals surface area contributed by atoms with Gasteiger partial charge in [0.05, 0.1) is 19.1 Å². The summed E-state index contributed by atoms with van der Waals surface area (Å²) in [4.78, 5) is 20.5. The van der Waals surface area contributed by atoms with E-state index in [1.165, 1.54) is 6.26 Å². The molecule has 3 rings (SSSR count). The molecule has 0 fully saturated rings. The van der Waals surface area contributed by atoms with Gasteiger partial charge in [-0.05, 0) is 30.3 Å². The van der Waals surface area contributed by atoms with Crippen molar-refractivity contribution in [2.45, 2.75) is 6.04 Å². The van der Waals surface area contributed by atoms with Gasteiger partial charge in [-0.25, -0.2) is 4.98 Å². The maximum atomic E-state index is 12.4. The van der Waals surface area contributed by atoms with Crippen molar-refractivity contribution < 1.29 is 14.3 Å². The zero-order valence-corrected chi connectivity index (χ0v) is 12.7. The quantitative estimate of drug-likeness (QED) is 0.643. The molecule has 122 valence electrons. The van der Waals surface area contributed by atoms with Crippen molar-refractivity contribution in [3.63, 3.8) is 0 Å². The average molecular weight is 324 g/mol. The highest BCUT2D eigenvalue weighted by Crippen LogP contribution is 2.17. The highest BCUT2D eigenvalue weighted by Gasteiger charge is 2.17. The van der Waals surface area contributed by atoms with Gasteiger partial charge in [0.15, 0.2) is 0 Å². The van der Waals surface area contributed by atoms with E-state index in [2.05, 4.69) is 20.6 Å². The van der Waals surface area contributed by atoms with Crippen molar-refractivity contribution in [2.75, 3.05) is 11.9 Å². The summed E-state index contributed by atoms with van der Waals surface area (Å²) in [5, 5.41) is 15.3. The number of nitrogens with zero attached hydrogens (tertiary/aromatic N) is 2. The normalized spacial score (nSPS) is 11.7. The van der Waals surface area contributed by atoms with Crippen LogP contribution in [0.5, 0.6) is 0 Å². The molecular weight excluding hydrogens is 308 g/mol. The maximum absolute atomic E-state index is 12.4. The Balaban J connectivity index is 1.72. The zero-order chi connectivity index (χ0) is 16.8. The third-order valence-corrected chi connectivity index (χ3v) is 3.33. The molecule has 1 unspecified atom stereocenters. The Morgan fingerprint density at radius 2 is 2.17 bits per heavy atom. The van der Waals surface area contributed by atoms with Crippen LogP contribution in [0, 0.1) is 0 Å². The fourth-order valence-corrected chi connectivity index (χ4v) is 2.19. The van der Waals surface area contributed by atoms with Gasteiger partial charge in [0, 0.05) is 23.6 Å². The van der Waals surface area contributed by atoms with Crippen LogP contribution >= 0.6 is 0 Å². The van der Waals surface area contributed by atoms with Crippen molar-refractivity contribution >= 4 is 17.4 Å². The number of hydrogen-bond donors (Lipinski definition) is 3. The van der Waals surface area contributed by atoms with Crippen LogP contribution in [0.4, 0.5) is 11.5 Å². The maximum Gasteiger partial charge on any atom is 0.252 e. The molecular formula is C17H16N4O3. The van der Waals surface area contributed by atoms with E-state index in [-0.39, 0.29) is 12.5 Å². The Kier molecular flexibility index (Phi) is 4.83. The summed E-state index contributed by atoms with van der Waals surface area (Å²) in [6.45, 7) is -0.253. The molecule has 1 amide bonds. The minimum absolute atomic E-state index is 0.253. The van der Waals surface area contributed by atoms with Gasteiger partial charge in [0.1, 0.15) is 17.6 Å². The summed E-state index contributed by atoms with van der Waals surface area (Å²) >= 11 is 0. The Bertz CT molecular complexity index is 791. The van der Waals surface area contributed by atoms with Crippen LogP contribution < -0.4 is 10.6 Å². The lowest BCUT2D eigenvalue weighted by molar-refractivity contribution is 0.0907. The molecule has 1 aromatic carbocycles. The van der Waals surface area contributed by atoms with Crippen molar-refractivity contribution in [3.8, 4) is 0 Å². The SMILES string of the molecule is O=C(NC(CO)c1ccco1)c1cccc(Nc2cnccn2)c1. The fourth-order valence-electron chi connectivity index (χ4n) is 2.19. The highest BCUT2D eigenvalue weighted by molar-refractivity contribution is 5.95. The number of hydrogen-bond acceptors (Lipinski definition) is 6.